The van der Waals surface area contributed by atoms with Gasteiger partial charge < -0.3 is 4.74 Å². The number of fused-ring (bicyclic) bond motifs is 1. The van der Waals surface area contributed by atoms with Gasteiger partial charge in [0.25, 0.3) is 5.66 Å². The summed E-state index contributed by atoms with van der Waals surface area (Å²) in [7, 11) is 1.91. The second-order valence-corrected chi connectivity index (χ2v) is 11.8. The van der Waals surface area contributed by atoms with E-state index in [4.69, 9.17) is 4.74 Å². The van der Waals surface area contributed by atoms with Crippen LogP contribution in [0, 0.1) is 0 Å². The van der Waals surface area contributed by atoms with Crippen molar-refractivity contribution >= 4 is 33.1 Å². The summed E-state index contributed by atoms with van der Waals surface area (Å²) in [5.41, 5.74) is 4.43. The third-order valence-corrected chi connectivity index (χ3v) is 8.23. The molecule has 1 aliphatic carbocycles. The molecule has 0 radical (unpaired) electrons. The highest BCUT2D eigenvalue weighted by atomic mass is 31.0. The molecule has 1 heterocycles. The van der Waals surface area contributed by atoms with E-state index in [0.717, 1.165) is 89.9 Å². The average Bonchev–Trinajstić information content (AvgIpc) is 3.33. The maximum Gasteiger partial charge on any atom is 0.252 e. The molecule has 41 heavy (non-hydrogen) atoms. The van der Waals surface area contributed by atoms with Crippen molar-refractivity contribution in [3.8, 4) is 11.5 Å². The topological polar surface area (TPSA) is 21.7 Å². The highest BCUT2D eigenvalue weighted by Crippen LogP contribution is 2.41. The zero-order chi connectivity index (χ0) is 28.8. The molecule has 3 aromatic rings. The number of benzene rings is 3. The van der Waals surface area contributed by atoms with Crippen LogP contribution in [0.2, 0.25) is 6.32 Å². The first-order valence-corrected chi connectivity index (χ1v) is 14.9. The summed E-state index contributed by atoms with van der Waals surface area (Å²) in [6.07, 6.45) is 3.80. The molecular weight excluding hydrogens is 548 g/mol. The van der Waals surface area contributed by atoms with Crippen molar-refractivity contribution in [1.82, 2.24) is 4.90 Å². The van der Waals surface area contributed by atoms with Crippen molar-refractivity contribution in [2.45, 2.75) is 50.2 Å². The highest BCUT2D eigenvalue weighted by Gasteiger charge is 2.25. The monoisotopic (exact) mass is 583 g/mol. The van der Waals surface area contributed by atoms with Gasteiger partial charge in [-0.25, -0.2) is 8.78 Å². The number of alkyl halides is 3. The van der Waals surface area contributed by atoms with Gasteiger partial charge in [-0.1, -0.05) is 57.2 Å². The van der Waals surface area contributed by atoms with Crippen LogP contribution in [0.1, 0.15) is 47.9 Å². The van der Waals surface area contributed by atoms with Crippen LogP contribution in [-0.4, -0.2) is 50.3 Å². The average molecular weight is 583 g/mol. The fourth-order valence-electron chi connectivity index (χ4n) is 5.89. The molecule has 5 rings (SSSR count). The lowest BCUT2D eigenvalue weighted by Gasteiger charge is -2.19. The molecule has 216 valence electrons. The predicted octanol–water partition coefficient (Wildman–Crippen LogP) is 7.01. The smallest absolute Gasteiger partial charge is 0.252 e. The molecule has 1 aliphatic heterocycles. The molecule has 0 aromatic heterocycles. The minimum Gasteiger partial charge on any atom is -0.489 e. The molecule has 3 aromatic carbocycles. The normalized spacial score (nSPS) is 17.7. The van der Waals surface area contributed by atoms with Gasteiger partial charge in [0, 0.05) is 24.2 Å². The summed E-state index contributed by atoms with van der Waals surface area (Å²) < 4.78 is 58.6. The Kier molecular flexibility index (Phi) is 9.72. The predicted molar refractivity (Wildman–Crippen MR) is 162 cm³/mol. The molecule has 3 nitrogen and oxygen atoms in total. The summed E-state index contributed by atoms with van der Waals surface area (Å²) in [6.45, 7) is 2.17. The highest BCUT2D eigenvalue weighted by molar-refractivity contribution is 7.18. The van der Waals surface area contributed by atoms with Crippen LogP contribution >= 0.6 is 9.24 Å². The largest absolute Gasteiger partial charge is 0.489 e. The molecule has 1 fully saturated rings. The quantitative estimate of drug-likeness (QED) is 0.138. The number of rotatable bonds is 11. The van der Waals surface area contributed by atoms with E-state index in [1.54, 1.807) is 21.4 Å². The lowest BCUT2D eigenvalue weighted by molar-refractivity contribution is -0.00629. The van der Waals surface area contributed by atoms with Crippen LogP contribution in [0.4, 0.5) is 17.7 Å². The lowest BCUT2D eigenvalue weighted by Crippen LogP contribution is -2.26. The van der Waals surface area contributed by atoms with E-state index in [1.807, 2.05) is 42.5 Å². The van der Waals surface area contributed by atoms with Gasteiger partial charge >= 0.3 is 0 Å². The van der Waals surface area contributed by atoms with Crippen LogP contribution in [0.25, 0.3) is 11.1 Å². The van der Waals surface area contributed by atoms with Crippen LogP contribution < -0.4 is 15.1 Å². The van der Waals surface area contributed by atoms with Crippen molar-refractivity contribution in [1.29, 1.82) is 0 Å². The first-order chi connectivity index (χ1) is 19.8. The van der Waals surface area contributed by atoms with Gasteiger partial charge in [-0.15, -0.1) is 0 Å². The van der Waals surface area contributed by atoms with Crippen LogP contribution in [0.3, 0.4) is 0 Å². The Hall–Kier alpha value is -2.83. The fourth-order valence-corrected chi connectivity index (χ4v) is 6.03. The van der Waals surface area contributed by atoms with E-state index < -0.39 is 5.66 Å². The Morgan fingerprint density at radius 3 is 2.39 bits per heavy atom. The number of ether oxygens (including phenoxy) is 1. The maximum absolute atomic E-state index is 13.4. The van der Waals surface area contributed by atoms with Gasteiger partial charge in [-0.2, -0.15) is 0 Å². The number of hydrogen-bond donors (Lipinski definition) is 0. The molecule has 9 heteroatoms. The minimum atomic E-state index is -2.77. The van der Waals surface area contributed by atoms with Gasteiger partial charge in [0.2, 0.25) is 0 Å². The van der Waals surface area contributed by atoms with E-state index >= 15 is 0 Å². The van der Waals surface area contributed by atoms with Crippen molar-refractivity contribution in [3.05, 3.63) is 89.0 Å². The molecule has 0 bridgehead atoms. The second-order valence-electron chi connectivity index (χ2n) is 11.0. The summed E-state index contributed by atoms with van der Waals surface area (Å²) in [4.78, 5) is 6.27. The molecule has 2 atom stereocenters. The van der Waals surface area contributed by atoms with Gasteiger partial charge in [0.05, 0.1) is 6.67 Å². The van der Waals surface area contributed by atoms with Crippen molar-refractivity contribution in [3.63, 3.8) is 0 Å². The number of nitrogens with zero attached hydrogens (tertiary/aromatic N) is 1. The third-order valence-electron chi connectivity index (χ3n) is 7.94. The van der Waals surface area contributed by atoms with Crippen LogP contribution in [0.5, 0.6) is 11.5 Å². The van der Waals surface area contributed by atoms with Gasteiger partial charge in [0.15, 0.2) is 13.0 Å². The standard InChI is InChI=1S/C32H35BF4NO2P/c34-16-2-17-38-18-15-28(20-38)39-26-11-7-23(8-12-26)31-29(4-1-3-24-19-27(40-37)13-14-30(24)31)22-5-9-25(10-6-22)33-21-32(35,36)41/h5-14,19,28,33H,1-4,15-18,20-21,41H2. The molecule has 0 amide bonds. The number of likely N-dealkylation sites (tertiary alicyclic amines) is 1. The third kappa shape index (κ3) is 7.72. The Labute approximate surface area is 242 Å². The van der Waals surface area contributed by atoms with Crippen molar-refractivity contribution < 1.29 is 27.4 Å². The van der Waals surface area contributed by atoms with E-state index in [-0.39, 0.29) is 24.8 Å². The van der Waals surface area contributed by atoms with Gasteiger partial charge in [-0.3, -0.25) is 14.2 Å². The SMILES string of the molecule is FCCCN1CCC(Oc2ccc(C3=C(c4ccc(BCC(F)(F)P)cc4)CCCc4cc(OF)ccc43)cc2)C1. The summed E-state index contributed by atoms with van der Waals surface area (Å²) in [5.74, 6) is 0.973. The van der Waals surface area contributed by atoms with Gasteiger partial charge in [0.1, 0.15) is 11.9 Å². The van der Waals surface area contributed by atoms with Crippen LogP contribution in [-0.2, 0) is 6.42 Å². The zero-order valence-corrected chi connectivity index (χ0v) is 24.2. The fraction of sp³-hybridized carbons (Fsp3) is 0.375. The molecule has 1 saturated heterocycles. The maximum atomic E-state index is 13.4. The molecule has 0 saturated carbocycles. The molecule has 2 unspecified atom stereocenters. The summed E-state index contributed by atoms with van der Waals surface area (Å²) in [6, 6.07) is 21.3. The van der Waals surface area contributed by atoms with Crippen molar-refractivity contribution in [2.75, 3.05) is 26.3 Å². The second kappa shape index (κ2) is 13.4. The van der Waals surface area contributed by atoms with Crippen LogP contribution in [0.15, 0.2) is 66.7 Å². The first-order valence-electron chi connectivity index (χ1n) is 14.3. The van der Waals surface area contributed by atoms with E-state index in [9.17, 15) is 17.7 Å². The van der Waals surface area contributed by atoms with E-state index in [2.05, 4.69) is 22.0 Å². The summed E-state index contributed by atoms with van der Waals surface area (Å²) >= 11 is 0. The minimum absolute atomic E-state index is 0.0812. The first kappa shape index (κ1) is 29.7. The lowest BCUT2D eigenvalue weighted by atomic mass is 9.67. The Morgan fingerprint density at radius 1 is 0.951 bits per heavy atom. The van der Waals surface area contributed by atoms with Gasteiger partial charge in [-0.05, 0) is 96.1 Å². The molecular formula is C32H35BF4NO2P. The summed E-state index contributed by atoms with van der Waals surface area (Å²) in [5, 5.41) is 0. The number of hydrogen-bond acceptors (Lipinski definition) is 3. The zero-order valence-electron chi connectivity index (χ0n) is 23.1. The molecule has 0 spiro atoms. The molecule has 2 aliphatic rings. The Balaban J connectivity index is 1.44. The number of aryl methyl sites for hydroxylation is 1. The number of allylic oxidation sites excluding steroid dienone is 1. The molecule has 0 N–H and O–H groups in total. The Morgan fingerprint density at radius 2 is 1.68 bits per heavy atom. The Bertz CT molecular complexity index is 1350. The van der Waals surface area contributed by atoms with E-state index in [1.165, 1.54) is 0 Å². The van der Waals surface area contributed by atoms with Crippen molar-refractivity contribution in [2.24, 2.45) is 0 Å². The number of halogens is 4. The van der Waals surface area contributed by atoms with E-state index in [0.29, 0.717) is 13.7 Å².